The number of rotatable bonds is 4. The molecule has 1 unspecified atom stereocenters. The Balaban J connectivity index is 2.98. The maximum absolute atomic E-state index is 11.5. The van der Waals surface area contributed by atoms with Crippen LogP contribution in [0.3, 0.4) is 0 Å². The lowest BCUT2D eigenvalue weighted by atomic mass is 10.2. The second kappa shape index (κ2) is 4.90. The van der Waals surface area contributed by atoms with Crippen LogP contribution < -0.4 is 5.30 Å². The number of benzene rings is 1. The van der Waals surface area contributed by atoms with E-state index in [1.807, 2.05) is 25.1 Å². The van der Waals surface area contributed by atoms with Gasteiger partial charge in [0.2, 0.25) is 5.30 Å². The van der Waals surface area contributed by atoms with E-state index in [0.717, 1.165) is 5.56 Å². The van der Waals surface area contributed by atoms with Crippen LogP contribution in [0, 0.1) is 0 Å². The van der Waals surface area contributed by atoms with Gasteiger partial charge in [-0.15, -0.1) is 4.52 Å². The van der Waals surface area contributed by atoms with Gasteiger partial charge in [0.25, 0.3) is 0 Å². The van der Waals surface area contributed by atoms with Gasteiger partial charge in [0.15, 0.2) is 0 Å². The van der Waals surface area contributed by atoms with Gasteiger partial charge >= 0.3 is 8.03 Å². The third kappa shape index (κ3) is 2.48. The van der Waals surface area contributed by atoms with E-state index in [0.29, 0.717) is 11.9 Å². The summed E-state index contributed by atoms with van der Waals surface area (Å²) in [7, 11) is -1.72. The second-order valence-electron chi connectivity index (χ2n) is 2.44. The van der Waals surface area contributed by atoms with Crippen molar-refractivity contribution in [2.24, 2.45) is 0 Å². The second-order valence-corrected chi connectivity index (χ2v) is 3.69. The van der Waals surface area contributed by atoms with E-state index in [1.165, 1.54) is 0 Å². The number of hydrogen-bond acceptors (Lipinski definition) is 2. The van der Waals surface area contributed by atoms with Crippen molar-refractivity contribution < 1.29 is 9.09 Å². The molecule has 0 bridgehead atoms. The van der Waals surface area contributed by atoms with Gasteiger partial charge in [-0.2, -0.15) is 0 Å². The van der Waals surface area contributed by atoms with E-state index in [-0.39, 0.29) is 0 Å². The fourth-order valence-corrected chi connectivity index (χ4v) is 1.97. The summed E-state index contributed by atoms with van der Waals surface area (Å²) < 4.78 is 16.5. The van der Waals surface area contributed by atoms with E-state index in [4.69, 9.17) is 4.52 Å². The van der Waals surface area contributed by atoms with Gasteiger partial charge in [-0.25, -0.2) is 0 Å². The molecule has 0 amide bonds. The quantitative estimate of drug-likeness (QED) is 0.690. The fourth-order valence-electron chi connectivity index (χ4n) is 1.01. The van der Waals surface area contributed by atoms with Crippen molar-refractivity contribution >= 4 is 19.4 Å². The summed E-state index contributed by atoms with van der Waals surface area (Å²) in [5.41, 5.74) is 0.872. The summed E-state index contributed by atoms with van der Waals surface area (Å²) >= 11 is 0. The molecule has 0 aliphatic rings. The Labute approximate surface area is 79.1 Å². The van der Waals surface area contributed by atoms with Crippen molar-refractivity contribution in [1.82, 2.24) is 0 Å². The van der Waals surface area contributed by atoms with E-state index in [9.17, 15) is 4.57 Å². The molecule has 0 heterocycles. The lowest BCUT2D eigenvalue weighted by molar-refractivity contribution is 0.357. The van der Waals surface area contributed by atoms with Crippen LogP contribution in [-0.4, -0.2) is 6.61 Å². The summed E-state index contributed by atoms with van der Waals surface area (Å²) in [4.78, 5) is 0. The Bertz CT molecular complexity index is 320. The van der Waals surface area contributed by atoms with Crippen LogP contribution in [0.5, 0.6) is 0 Å². The first-order valence-electron chi connectivity index (χ1n) is 4.11. The molecule has 0 aliphatic heterocycles. The predicted octanol–water partition coefficient (Wildman–Crippen LogP) is 2.73. The lowest BCUT2D eigenvalue weighted by Gasteiger charge is -1.92. The zero-order valence-electron chi connectivity index (χ0n) is 7.56. The van der Waals surface area contributed by atoms with Crippen LogP contribution >= 0.6 is 8.03 Å². The molecule has 0 aromatic heterocycles. The van der Waals surface area contributed by atoms with Gasteiger partial charge in [-0.1, -0.05) is 30.9 Å². The van der Waals surface area contributed by atoms with Gasteiger partial charge in [0.1, 0.15) is 6.61 Å². The molecule has 1 rings (SSSR count). The van der Waals surface area contributed by atoms with Crippen molar-refractivity contribution in [2.45, 2.75) is 6.92 Å². The first kappa shape index (κ1) is 10.1. The SMILES string of the molecule is C=Cc1ccccc1[P+](=O)OCC. The monoisotopic (exact) mass is 195 g/mol. The predicted molar refractivity (Wildman–Crippen MR) is 55.4 cm³/mol. The highest BCUT2D eigenvalue weighted by molar-refractivity contribution is 7.48. The first-order chi connectivity index (χ1) is 6.29. The topological polar surface area (TPSA) is 26.3 Å². The molecular weight excluding hydrogens is 183 g/mol. The zero-order valence-corrected chi connectivity index (χ0v) is 8.46. The van der Waals surface area contributed by atoms with Crippen LogP contribution in [-0.2, 0) is 9.09 Å². The van der Waals surface area contributed by atoms with Crippen LogP contribution in [0.1, 0.15) is 12.5 Å². The summed E-state index contributed by atoms with van der Waals surface area (Å²) in [5, 5.41) is 0.717. The number of hydrogen-bond donors (Lipinski definition) is 0. The smallest absolute Gasteiger partial charge is 0.142 e. The lowest BCUT2D eigenvalue weighted by Crippen LogP contribution is -2.02. The highest BCUT2D eigenvalue weighted by Gasteiger charge is 2.23. The minimum absolute atomic E-state index is 0.459. The Morgan fingerprint density at radius 1 is 1.54 bits per heavy atom. The molecule has 0 N–H and O–H groups in total. The zero-order chi connectivity index (χ0) is 9.68. The van der Waals surface area contributed by atoms with Gasteiger partial charge in [-0.3, -0.25) is 0 Å². The third-order valence-electron chi connectivity index (χ3n) is 1.60. The average molecular weight is 195 g/mol. The molecule has 0 spiro atoms. The van der Waals surface area contributed by atoms with Crippen molar-refractivity contribution in [3.8, 4) is 0 Å². The summed E-state index contributed by atoms with van der Waals surface area (Å²) in [6.45, 7) is 5.93. The molecule has 0 saturated heterocycles. The largest absolute Gasteiger partial charge is 0.549 e. The molecule has 3 heteroatoms. The Morgan fingerprint density at radius 2 is 2.23 bits per heavy atom. The molecule has 1 aromatic carbocycles. The molecule has 0 aliphatic carbocycles. The van der Waals surface area contributed by atoms with E-state index < -0.39 is 8.03 Å². The Morgan fingerprint density at radius 3 is 2.85 bits per heavy atom. The minimum Gasteiger partial charge on any atom is -0.142 e. The Hall–Kier alpha value is -0.980. The summed E-state index contributed by atoms with van der Waals surface area (Å²) in [5.74, 6) is 0. The highest BCUT2D eigenvalue weighted by Crippen LogP contribution is 2.23. The summed E-state index contributed by atoms with van der Waals surface area (Å²) in [6.07, 6.45) is 1.68. The van der Waals surface area contributed by atoms with Crippen LogP contribution in [0.25, 0.3) is 6.08 Å². The van der Waals surface area contributed by atoms with E-state index in [2.05, 4.69) is 6.58 Å². The van der Waals surface area contributed by atoms with Crippen molar-refractivity contribution in [1.29, 1.82) is 0 Å². The van der Waals surface area contributed by atoms with E-state index >= 15 is 0 Å². The first-order valence-corrected chi connectivity index (χ1v) is 5.29. The van der Waals surface area contributed by atoms with E-state index in [1.54, 1.807) is 12.1 Å². The highest BCUT2D eigenvalue weighted by atomic mass is 31.1. The third-order valence-corrected chi connectivity index (χ3v) is 2.89. The molecule has 0 saturated carbocycles. The van der Waals surface area contributed by atoms with Crippen LogP contribution in [0.4, 0.5) is 0 Å². The van der Waals surface area contributed by atoms with Gasteiger partial charge in [0.05, 0.1) is 0 Å². The van der Waals surface area contributed by atoms with Crippen molar-refractivity contribution in [2.75, 3.05) is 6.61 Å². The average Bonchev–Trinajstić information content (AvgIpc) is 2.18. The molecule has 0 fully saturated rings. The van der Waals surface area contributed by atoms with Gasteiger partial charge in [-0.05, 0) is 17.6 Å². The molecule has 0 radical (unpaired) electrons. The Kier molecular flexibility index (Phi) is 3.81. The summed E-state index contributed by atoms with van der Waals surface area (Å²) in [6, 6.07) is 7.39. The normalized spacial score (nSPS) is 11.0. The standard InChI is InChI=1S/C10H12O2P/c1-3-9-7-5-6-8-10(9)13(11)12-4-2/h3,5-8H,1,4H2,2H3/q+1. The molecule has 1 aromatic rings. The minimum atomic E-state index is -1.72. The van der Waals surface area contributed by atoms with Crippen molar-refractivity contribution in [3.63, 3.8) is 0 Å². The van der Waals surface area contributed by atoms with Crippen molar-refractivity contribution in [3.05, 3.63) is 36.4 Å². The van der Waals surface area contributed by atoms with Gasteiger partial charge < -0.3 is 0 Å². The molecule has 2 nitrogen and oxygen atoms in total. The maximum Gasteiger partial charge on any atom is 0.549 e. The molecular formula is C10H12O2P+. The van der Waals surface area contributed by atoms with Gasteiger partial charge in [0, 0.05) is 5.56 Å². The molecule has 68 valence electrons. The van der Waals surface area contributed by atoms with Crippen LogP contribution in [0.15, 0.2) is 30.8 Å². The molecule has 1 atom stereocenters. The maximum atomic E-state index is 11.5. The van der Waals surface area contributed by atoms with Crippen LogP contribution in [0.2, 0.25) is 0 Å². The fraction of sp³-hybridized carbons (Fsp3) is 0.200. The molecule has 13 heavy (non-hydrogen) atoms.